The first-order valence-corrected chi connectivity index (χ1v) is 3.29. The van der Waals surface area contributed by atoms with Gasteiger partial charge in [0.1, 0.15) is 0 Å². The van der Waals surface area contributed by atoms with Crippen molar-refractivity contribution in [3.05, 3.63) is 99.4 Å². The first-order chi connectivity index (χ1) is 10.4. The Bertz CT molecular complexity index is 263. The molecule has 0 saturated carbocycles. The molecule has 25 heteroatoms. The minimum atomic E-state index is -1.75. The van der Waals surface area contributed by atoms with Crippen LogP contribution in [0.5, 0.6) is 0 Å². The number of nitrogens with zero attached hydrogens (tertiary/aromatic N) is 6. The molecule has 0 bridgehead atoms. The molecule has 1 radical (unpaired) electrons. The molecule has 0 fully saturated rings. The van der Waals surface area contributed by atoms with E-state index in [4.69, 9.17) is 91.9 Å². The van der Waals surface area contributed by atoms with Crippen molar-refractivity contribution >= 4 is 0 Å². The molecule has 0 unspecified atom stereocenters. The Hall–Kier alpha value is -4.28. The Morgan fingerprint density at radius 3 is 0.308 bits per heavy atom. The second-order valence-electron chi connectivity index (χ2n) is 1.34. The van der Waals surface area contributed by atoms with E-state index in [1.807, 2.05) is 0 Å². The summed E-state index contributed by atoms with van der Waals surface area (Å²) in [5, 5.41) is 88.5. The first kappa shape index (κ1) is 49.5. The maximum Gasteiger partial charge on any atom is 4.00 e. The molecular formula is CCuN6O18. The van der Waals surface area contributed by atoms with Crippen molar-refractivity contribution in [2.24, 2.45) is 0 Å². The van der Waals surface area contributed by atoms with E-state index in [0.717, 1.165) is 0 Å². The second-order valence-corrected chi connectivity index (χ2v) is 1.34. The van der Waals surface area contributed by atoms with Gasteiger partial charge in [0.2, 0.25) is 0 Å². The molecule has 0 saturated heterocycles. The van der Waals surface area contributed by atoms with E-state index in [1.165, 1.54) is 0 Å². The number of hydrogen-bond donors (Lipinski definition) is 0. The Labute approximate surface area is 148 Å². The predicted octanol–water partition coefficient (Wildman–Crippen LogP) is -1.36. The molecule has 0 amide bonds. The largest absolute Gasteiger partial charge is 4.00 e. The van der Waals surface area contributed by atoms with E-state index in [0.29, 0.717) is 0 Å². The molecule has 0 aliphatic rings. The third kappa shape index (κ3) is 377. The smallest absolute Gasteiger partial charge is 0.356 e. The van der Waals surface area contributed by atoms with Crippen LogP contribution in [0.2, 0.25) is 0 Å². The van der Waals surface area contributed by atoms with Gasteiger partial charge in [-0.1, -0.05) is 0 Å². The van der Waals surface area contributed by atoms with Gasteiger partial charge in [0.15, 0.2) is 0 Å². The van der Waals surface area contributed by atoms with Crippen LogP contribution in [0.15, 0.2) is 0 Å². The summed E-state index contributed by atoms with van der Waals surface area (Å²) < 4.78 is 0. The van der Waals surface area contributed by atoms with Crippen molar-refractivity contribution in [2.45, 2.75) is 0 Å². The van der Waals surface area contributed by atoms with Crippen LogP contribution in [0.3, 0.4) is 0 Å². The van der Waals surface area contributed by atoms with E-state index in [-0.39, 0.29) is 24.5 Å². The summed E-state index contributed by atoms with van der Waals surface area (Å²) in [5.41, 5.74) is 0. The quantitative estimate of drug-likeness (QED) is 0.234. The van der Waals surface area contributed by atoms with Crippen LogP contribution < -0.4 is 0 Å². The van der Waals surface area contributed by atoms with E-state index >= 15 is 0 Å². The minimum Gasteiger partial charge on any atom is -0.356 e. The zero-order valence-electron chi connectivity index (χ0n) is 10.8. The molecule has 0 aromatic rings. The van der Waals surface area contributed by atoms with Crippen molar-refractivity contribution in [3.8, 4) is 0 Å². The zero-order chi connectivity index (χ0) is 21.5. The molecular weight excluding hydrogens is 448 g/mol. The van der Waals surface area contributed by atoms with Crippen LogP contribution in [0.25, 0.3) is 0 Å². The van der Waals surface area contributed by atoms with Crippen LogP contribution in [0.1, 0.15) is 0 Å². The van der Waals surface area contributed by atoms with Crippen LogP contribution >= 0.6 is 0 Å². The van der Waals surface area contributed by atoms with Gasteiger partial charge in [0.05, 0.1) is 30.5 Å². The molecule has 153 valence electrons. The fourth-order valence-electron chi connectivity index (χ4n) is 0. The maximum atomic E-state index is 8.25. The SMILES string of the molecule is O=[N+]([O-])[O-].O=[N+]([O-])[O-].O=[N+]([O-])[O-].O=[N+]([O-])[O-].O=[N+]([O-])[O-].O=[N+]([O-])[O-].[C+4].[Cu+2]. The Morgan fingerprint density at radius 1 is 0.308 bits per heavy atom. The average Bonchev–Trinajstić information content (AvgIpc) is 2.08. The monoisotopic (exact) mass is 447 g/mol. The van der Waals surface area contributed by atoms with Crippen molar-refractivity contribution in [1.82, 2.24) is 0 Å². The second kappa shape index (κ2) is 42.8. The summed E-state index contributed by atoms with van der Waals surface area (Å²) in [6.45, 7) is 0. The summed E-state index contributed by atoms with van der Waals surface area (Å²) in [6, 6.07) is 0. The van der Waals surface area contributed by atoms with Crippen LogP contribution in [0, 0.1) is 99.4 Å². The molecule has 26 heavy (non-hydrogen) atoms. The molecule has 0 aromatic heterocycles. The van der Waals surface area contributed by atoms with E-state index < -0.39 is 30.5 Å². The fourth-order valence-corrected chi connectivity index (χ4v) is 0. The van der Waals surface area contributed by atoms with E-state index in [9.17, 15) is 0 Å². The van der Waals surface area contributed by atoms with Crippen LogP contribution in [0.4, 0.5) is 0 Å². The first-order valence-electron chi connectivity index (χ1n) is 3.29. The molecule has 0 spiro atoms. The van der Waals surface area contributed by atoms with Crippen molar-refractivity contribution in [3.63, 3.8) is 0 Å². The van der Waals surface area contributed by atoms with Crippen LogP contribution in [-0.2, 0) is 17.1 Å². The van der Waals surface area contributed by atoms with E-state index in [1.54, 1.807) is 0 Å². The summed E-state index contributed by atoms with van der Waals surface area (Å²) >= 11 is 0. The summed E-state index contributed by atoms with van der Waals surface area (Å²) in [4.78, 5) is 49.5. The van der Waals surface area contributed by atoms with E-state index in [2.05, 4.69) is 0 Å². The van der Waals surface area contributed by atoms with Gasteiger partial charge in [-0.2, -0.15) is 0 Å². The average molecular weight is 448 g/mol. The fraction of sp³-hybridized carbons (Fsp3) is 0. The van der Waals surface area contributed by atoms with Crippen molar-refractivity contribution in [2.75, 3.05) is 0 Å². The third-order valence-corrected chi connectivity index (χ3v) is 0. The van der Waals surface area contributed by atoms with Gasteiger partial charge in [-0.25, -0.2) is 0 Å². The topological polar surface area (TPSA) is 397 Å². The molecule has 0 atom stereocenters. The van der Waals surface area contributed by atoms with Gasteiger partial charge >= 0.3 is 24.5 Å². The van der Waals surface area contributed by atoms with Gasteiger partial charge in [0, 0.05) is 0 Å². The molecule has 0 aromatic carbocycles. The Balaban J connectivity index is -0.0000000245. The number of hydrogen-bond acceptors (Lipinski definition) is 18. The molecule has 0 heterocycles. The molecule has 24 nitrogen and oxygen atoms in total. The standard InChI is InChI=1S/C.Cu.6NO3/c;;6*2-1(3)4/q+4;+2;6*-1. The summed E-state index contributed by atoms with van der Waals surface area (Å²) in [7, 11) is 0. The molecule has 0 rings (SSSR count). The van der Waals surface area contributed by atoms with Gasteiger partial charge in [-0.15, -0.1) is 0 Å². The van der Waals surface area contributed by atoms with Gasteiger partial charge in [0.25, 0.3) is 0 Å². The van der Waals surface area contributed by atoms with Crippen molar-refractivity contribution < 1.29 is 47.6 Å². The van der Waals surface area contributed by atoms with Gasteiger partial charge in [-0.3, -0.25) is 0 Å². The van der Waals surface area contributed by atoms with Gasteiger partial charge < -0.3 is 91.9 Å². The van der Waals surface area contributed by atoms with Crippen molar-refractivity contribution in [1.29, 1.82) is 0 Å². The minimum absolute atomic E-state index is 0. The van der Waals surface area contributed by atoms with Crippen LogP contribution in [-0.4, -0.2) is 30.5 Å². The predicted molar refractivity (Wildman–Crippen MR) is 65.4 cm³/mol. The molecule has 0 aliphatic carbocycles. The summed E-state index contributed by atoms with van der Waals surface area (Å²) in [5.74, 6) is 0. The number of rotatable bonds is 0. The Morgan fingerprint density at radius 2 is 0.308 bits per heavy atom. The van der Waals surface area contributed by atoms with Gasteiger partial charge in [-0.05, 0) is 0 Å². The maximum absolute atomic E-state index is 8.25. The molecule has 0 N–H and O–H groups in total. The Kier molecular flexibility index (Phi) is 81.6. The third-order valence-electron chi connectivity index (χ3n) is 0. The zero-order valence-corrected chi connectivity index (χ0v) is 11.8. The molecule has 0 aliphatic heterocycles. The normalized spacial score (nSPS) is 5.54. The summed E-state index contributed by atoms with van der Waals surface area (Å²) in [6.07, 6.45) is 0.